The summed E-state index contributed by atoms with van der Waals surface area (Å²) in [5.41, 5.74) is 3.98. The summed E-state index contributed by atoms with van der Waals surface area (Å²) >= 11 is 0. The van der Waals surface area contributed by atoms with Crippen LogP contribution in [0.25, 0.3) is 0 Å². The first-order chi connectivity index (χ1) is 13.1. The minimum Gasteiger partial charge on any atom is -0.390 e. The summed E-state index contributed by atoms with van der Waals surface area (Å²) in [5.74, 6) is 0.793. The van der Waals surface area contributed by atoms with Crippen LogP contribution in [-0.2, 0) is 19.5 Å². The Morgan fingerprint density at radius 1 is 1.11 bits per heavy atom. The van der Waals surface area contributed by atoms with Gasteiger partial charge in [-0.3, -0.25) is 4.90 Å². The van der Waals surface area contributed by atoms with Crippen molar-refractivity contribution in [3.63, 3.8) is 0 Å². The highest BCUT2D eigenvalue weighted by Crippen LogP contribution is 2.18. The van der Waals surface area contributed by atoms with E-state index in [1.165, 1.54) is 16.7 Å². The molecule has 2 aromatic carbocycles. The molecule has 28 heavy (non-hydrogen) atoms. The van der Waals surface area contributed by atoms with Gasteiger partial charge in [-0.2, -0.15) is 0 Å². The highest BCUT2D eigenvalue weighted by atomic mass is 127. The fourth-order valence-corrected chi connectivity index (χ4v) is 3.39. The third-order valence-electron chi connectivity index (χ3n) is 4.85. The van der Waals surface area contributed by atoms with Gasteiger partial charge >= 0.3 is 0 Å². The van der Waals surface area contributed by atoms with Crippen LogP contribution in [0.2, 0.25) is 0 Å². The normalized spacial score (nSPS) is 15.3. The molecule has 0 radical (unpaired) electrons. The lowest BCUT2D eigenvalue weighted by Gasteiger charge is -2.30. The molecule has 1 heterocycles. The second kappa shape index (κ2) is 11.4. The maximum atomic E-state index is 10.5. The van der Waals surface area contributed by atoms with Gasteiger partial charge < -0.3 is 15.3 Å². The van der Waals surface area contributed by atoms with Gasteiger partial charge in [0.2, 0.25) is 0 Å². The highest BCUT2D eigenvalue weighted by Gasteiger charge is 2.18. The minimum atomic E-state index is -0.433. The predicted molar refractivity (Wildman–Crippen MR) is 126 cm³/mol. The molecule has 1 aliphatic rings. The molecule has 152 valence electrons. The van der Waals surface area contributed by atoms with Crippen molar-refractivity contribution in [1.82, 2.24) is 15.1 Å². The zero-order valence-corrected chi connectivity index (χ0v) is 19.0. The number of aliphatic imine (C=N–C) groups is 1. The van der Waals surface area contributed by atoms with Crippen molar-refractivity contribution in [3.8, 4) is 0 Å². The molecule has 1 atom stereocenters. The standard InChI is InChI=1S/C22H30N4O.HI/c1-25(2)22(23-14-18-8-4-3-5-9-18)24-15-21(27)17-26-13-12-19-10-6-7-11-20(19)16-26;/h3-11,21,27H,12-17H2,1-2H3,(H,23,24);1H. The summed E-state index contributed by atoms with van der Waals surface area (Å²) in [6.07, 6.45) is 0.620. The van der Waals surface area contributed by atoms with E-state index in [1.54, 1.807) is 0 Å². The van der Waals surface area contributed by atoms with Gasteiger partial charge in [-0.1, -0.05) is 54.6 Å². The molecule has 3 rings (SSSR count). The van der Waals surface area contributed by atoms with Crippen molar-refractivity contribution in [2.75, 3.05) is 33.7 Å². The van der Waals surface area contributed by atoms with E-state index in [0.29, 0.717) is 19.6 Å². The van der Waals surface area contributed by atoms with Crippen LogP contribution in [0.3, 0.4) is 0 Å². The van der Waals surface area contributed by atoms with E-state index in [-0.39, 0.29) is 24.0 Å². The number of hydrogen-bond donors (Lipinski definition) is 2. The second-order valence-electron chi connectivity index (χ2n) is 7.31. The first-order valence-electron chi connectivity index (χ1n) is 9.58. The number of rotatable bonds is 6. The van der Waals surface area contributed by atoms with Gasteiger partial charge in [-0.05, 0) is 23.1 Å². The summed E-state index contributed by atoms with van der Waals surface area (Å²) in [5, 5.41) is 13.8. The molecule has 0 fully saturated rings. The van der Waals surface area contributed by atoms with E-state index < -0.39 is 6.10 Å². The zero-order chi connectivity index (χ0) is 19.1. The van der Waals surface area contributed by atoms with Crippen LogP contribution in [0, 0.1) is 0 Å². The number of hydrogen-bond acceptors (Lipinski definition) is 3. The third kappa shape index (κ3) is 6.76. The van der Waals surface area contributed by atoms with Crippen molar-refractivity contribution < 1.29 is 5.11 Å². The maximum absolute atomic E-state index is 10.5. The smallest absolute Gasteiger partial charge is 0.193 e. The van der Waals surface area contributed by atoms with Crippen LogP contribution in [0.4, 0.5) is 0 Å². The molecule has 5 nitrogen and oxygen atoms in total. The zero-order valence-electron chi connectivity index (χ0n) is 16.7. The van der Waals surface area contributed by atoms with Crippen molar-refractivity contribution in [2.24, 2.45) is 4.99 Å². The minimum absolute atomic E-state index is 0. The average molecular weight is 494 g/mol. The molecule has 1 unspecified atom stereocenters. The quantitative estimate of drug-likeness (QED) is 0.369. The molecule has 0 saturated carbocycles. The predicted octanol–water partition coefficient (Wildman–Crippen LogP) is 2.73. The number of aliphatic hydroxyl groups is 1. The summed E-state index contributed by atoms with van der Waals surface area (Å²) in [6, 6.07) is 18.8. The largest absolute Gasteiger partial charge is 0.390 e. The van der Waals surface area contributed by atoms with Crippen LogP contribution in [-0.4, -0.2) is 60.7 Å². The van der Waals surface area contributed by atoms with E-state index in [1.807, 2.05) is 37.2 Å². The lowest BCUT2D eigenvalue weighted by Crippen LogP contribution is -2.45. The fourth-order valence-electron chi connectivity index (χ4n) is 3.39. The molecule has 2 N–H and O–H groups in total. The number of halogens is 1. The van der Waals surface area contributed by atoms with Gasteiger partial charge in [0.1, 0.15) is 0 Å². The molecule has 0 aromatic heterocycles. The van der Waals surface area contributed by atoms with E-state index in [4.69, 9.17) is 0 Å². The lowest BCUT2D eigenvalue weighted by atomic mass is 10.00. The van der Waals surface area contributed by atoms with Crippen LogP contribution in [0.5, 0.6) is 0 Å². The fraction of sp³-hybridized carbons (Fsp3) is 0.409. The van der Waals surface area contributed by atoms with Crippen molar-refractivity contribution in [3.05, 3.63) is 71.3 Å². The number of nitrogens with zero attached hydrogens (tertiary/aromatic N) is 3. The van der Waals surface area contributed by atoms with Crippen LogP contribution in [0.1, 0.15) is 16.7 Å². The Kier molecular flexibility index (Phi) is 9.21. The SMILES string of the molecule is CN(C)C(=NCc1ccccc1)NCC(O)CN1CCc2ccccc2C1.I. The molecular formula is C22H31IN4O. The van der Waals surface area contributed by atoms with E-state index in [0.717, 1.165) is 25.5 Å². The monoisotopic (exact) mass is 494 g/mol. The number of β-amino-alcohol motifs (C(OH)–C–C–N with tert-alkyl or cyclic N) is 1. The molecule has 6 heteroatoms. The number of guanidine groups is 1. The summed E-state index contributed by atoms with van der Waals surface area (Å²) in [7, 11) is 3.93. The maximum Gasteiger partial charge on any atom is 0.193 e. The van der Waals surface area contributed by atoms with Crippen LogP contribution < -0.4 is 5.32 Å². The number of benzene rings is 2. The van der Waals surface area contributed by atoms with Crippen LogP contribution >= 0.6 is 24.0 Å². The van der Waals surface area contributed by atoms with E-state index in [2.05, 4.69) is 51.6 Å². The lowest BCUT2D eigenvalue weighted by molar-refractivity contribution is 0.107. The van der Waals surface area contributed by atoms with Gasteiger partial charge in [-0.15, -0.1) is 24.0 Å². The Morgan fingerprint density at radius 2 is 1.79 bits per heavy atom. The molecule has 0 saturated heterocycles. The first kappa shape index (κ1) is 22.6. The van der Waals surface area contributed by atoms with E-state index in [9.17, 15) is 5.11 Å². The Bertz CT molecular complexity index is 751. The molecule has 0 bridgehead atoms. The Labute approximate surface area is 185 Å². The third-order valence-corrected chi connectivity index (χ3v) is 4.85. The molecule has 0 spiro atoms. The molecule has 0 amide bonds. The molecule has 1 aliphatic heterocycles. The number of aliphatic hydroxyl groups excluding tert-OH is 1. The summed E-state index contributed by atoms with van der Waals surface area (Å²) < 4.78 is 0. The Balaban J connectivity index is 0.00000280. The van der Waals surface area contributed by atoms with Crippen molar-refractivity contribution in [2.45, 2.75) is 25.6 Å². The van der Waals surface area contributed by atoms with Gasteiger partial charge in [0.25, 0.3) is 0 Å². The topological polar surface area (TPSA) is 51.1 Å². The molecule has 0 aliphatic carbocycles. The van der Waals surface area contributed by atoms with Crippen molar-refractivity contribution in [1.29, 1.82) is 0 Å². The van der Waals surface area contributed by atoms with Gasteiger partial charge in [0.05, 0.1) is 12.6 Å². The van der Waals surface area contributed by atoms with E-state index >= 15 is 0 Å². The highest BCUT2D eigenvalue weighted by molar-refractivity contribution is 14.0. The summed E-state index contributed by atoms with van der Waals surface area (Å²) in [6.45, 7) is 3.69. The van der Waals surface area contributed by atoms with Gasteiger partial charge in [-0.25, -0.2) is 4.99 Å². The molecular weight excluding hydrogens is 463 g/mol. The number of fused-ring (bicyclic) bond motifs is 1. The summed E-state index contributed by atoms with van der Waals surface area (Å²) in [4.78, 5) is 8.92. The Morgan fingerprint density at radius 3 is 2.50 bits per heavy atom. The first-order valence-corrected chi connectivity index (χ1v) is 9.58. The van der Waals surface area contributed by atoms with Crippen molar-refractivity contribution >= 4 is 29.9 Å². The van der Waals surface area contributed by atoms with Crippen LogP contribution in [0.15, 0.2) is 59.6 Å². The Hall–Kier alpha value is -1.64. The van der Waals surface area contributed by atoms with Gasteiger partial charge in [0, 0.05) is 40.3 Å². The van der Waals surface area contributed by atoms with Gasteiger partial charge in [0.15, 0.2) is 5.96 Å². The molecule has 2 aromatic rings. The number of nitrogens with one attached hydrogen (secondary N) is 1. The average Bonchev–Trinajstić information content (AvgIpc) is 2.68. The second-order valence-corrected chi connectivity index (χ2v) is 7.31.